The van der Waals surface area contributed by atoms with Gasteiger partial charge in [-0.1, -0.05) is 194 Å². The van der Waals surface area contributed by atoms with Crippen LogP contribution in [0.3, 0.4) is 0 Å². The monoisotopic (exact) mass is 950 g/mol. The zero-order chi connectivity index (χ0) is 55.1. The van der Waals surface area contributed by atoms with Crippen molar-refractivity contribution in [3.8, 4) is 27.9 Å². The number of aromatic nitrogens is 1. The first-order chi connectivity index (χ1) is 39.6. The number of fused-ring (bicyclic) bond motifs is 7. The van der Waals surface area contributed by atoms with Crippen LogP contribution < -0.4 is 9.80 Å². The van der Waals surface area contributed by atoms with Gasteiger partial charge in [0.25, 0.3) is 0 Å². The molecule has 0 amide bonds. The predicted molar refractivity (Wildman–Crippen MR) is 310 cm³/mol. The number of rotatable bonds is 10. The van der Waals surface area contributed by atoms with Gasteiger partial charge in [0.15, 0.2) is 0 Å². The van der Waals surface area contributed by atoms with Gasteiger partial charge in [0.2, 0.25) is 0 Å². The van der Waals surface area contributed by atoms with Crippen molar-refractivity contribution < 1.29 is 9.60 Å². The van der Waals surface area contributed by atoms with E-state index in [2.05, 4.69) is 166 Å². The van der Waals surface area contributed by atoms with Gasteiger partial charge in [-0.3, -0.25) is 0 Å². The minimum Gasteiger partial charge on any atom is -0.310 e. The molecular weight excluding hydrogens is 895 g/mol. The Bertz CT molecular complexity index is 4560. The molecule has 0 saturated heterocycles. The molecular formula is C71H49N3. The van der Waals surface area contributed by atoms with Crippen molar-refractivity contribution >= 4 is 66.7 Å². The Balaban J connectivity index is 1.12. The molecule has 0 radical (unpaired) electrons. The number of para-hydroxylation sites is 5. The first kappa shape index (κ1) is 36.3. The zero-order valence-electron chi connectivity index (χ0n) is 47.1. The average Bonchev–Trinajstić information content (AvgIpc) is 2.94. The van der Waals surface area contributed by atoms with Crippen LogP contribution in [0.25, 0.3) is 60.5 Å². The van der Waals surface area contributed by atoms with E-state index in [-0.39, 0.29) is 34.5 Å². The largest absolute Gasteiger partial charge is 0.310 e. The maximum Gasteiger partial charge on any atom is 0.0714 e. The Hall–Kier alpha value is -9.70. The van der Waals surface area contributed by atoms with Gasteiger partial charge in [0, 0.05) is 50.6 Å². The summed E-state index contributed by atoms with van der Waals surface area (Å²) in [5.74, 6) is 0. The highest BCUT2D eigenvalue weighted by Crippen LogP contribution is 2.59. The molecule has 0 spiro atoms. The molecule has 0 bridgehead atoms. The number of anilines is 6. The van der Waals surface area contributed by atoms with Crippen LogP contribution in [0.4, 0.5) is 34.1 Å². The molecule has 0 fully saturated rings. The normalized spacial score (nSPS) is 15.1. The summed E-state index contributed by atoms with van der Waals surface area (Å²) in [5, 5.41) is 1.79. The van der Waals surface area contributed by atoms with Crippen molar-refractivity contribution in [3.05, 3.63) is 319 Å². The van der Waals surface area contributed by atoms with Gasteiger partial charge in [0.1, 0.15) is 0 Å². The lowest BCUT2D eigenvalue weighted by Gasteiger charge is -2.35. The summed E-state index contributed by atoms with van der Waals surface area (Å²) in [7, 11) is 0. The van der Waals surface area contributed by atoms with Crippen LogP contribution in [-0.4, -0.2) is 4.57 Å². The Labute approximate surface area is 441 Å². The third kappa shape index (κ3) is 7.04. The molecule has 1 heterocycles. The highest BCUT2D eigenvalue weighted by Gasteiger charge is 2.47. The Morgan fingerprint density at radius 3 is 1.41 bits per heavy atom. The first-order valence-corrected chi connectivity index (χ1v) is 24.9. The molecule has 12 aromatic carbocycles. The molecule has 1 atom stereocenters. The Morgan fingerprint density at radius 1 is 0.338 bits per heavy atom. The fourth-order valence-electron chi connectivity index (χ4n) is 11.4. The van der Waals surface area contributed by atoms with Gasteiger partial charge in [-0.15, -0.1) is 0 Å². The zero-order valence-corrected chi connectivity index (χ0v) is 40.1. The summed E-state index contributed by atoms with van der Waals surface area (Å²) in [6.45, 7) is 0. The second kappa shape index (κ2) is 17.9. The minimum atomic E-state index is -1.53. The van der Waals surface area contributed by atoms with Crippen molar-refractivity contribution in [2.75, 3.05) is 9.80 Å². The van der Waals surface area contributed by atoms with Crippen LogP contribution in [0.15, 0.2) is 297 Å². The van der Waals surface area contributed by atoms with E-state index >= 15 is 0 Å². The van der Waals surface area contributed by atoms with Gasteiger partial charge in [-0.05, 0) is 158 Å². The van der Waals surface area contributed by atoms with Crippen molar-refractivity contribution in [3.63, 3.8) is 0 Å². The average molecular weight is 951 g/mol. The lowest BCUT2D eigenvalue weighted by atomic mass is 9.67. The number of hydrogen-bond acceptors (Lipinski definition) is 2. The van der Waals surface area contributed by atoms with Crippen LogP contribution in [-0.2, 0) is 5.41 Å². The fourth-order valence-corrected chi connectivity index (χ4v) is 11.4. The maximum atomic E-state index is 10.5. The third-order valence-corrected chi connectivity index (χ3v) is 14.6. The fraction of sp³-hybridized carbons (Fsp3) is 0.0141. The van der Waals surface area contributed by atoms with Crippen LogP contribution in [0.1, 0.15) is 31.8 Å². The van der Waals surface area contributed by atoms with Crippen LogP contribution in [0.5, 0.6) is 0 Å². The smallest absolute Gasteiger partial charge is 0.0714 e. The quantitative estimate of drug-likeness (QED) is 0.135. The third-order valence-electron chi connectivity index (χ3n) is 14.6. The molecule has 0 N–H and O–H groups in total. The molecule has 3 nitrogen and oxygen atoms in total. The lowest BCUT2D eigenvalue weighted by molar-refractivity contribution is 0.771. The number of benzene rings is 12. The van der Waals surface area contributed by atoms with E-state index in [0.717, 1.165) is 101 Å². The van der Waals surface area contributed by atoms with Crippen LogP contribution in [0, 0.1) is 0 Å². The summed E-state index contributed by atoms with van der Waals surface area (Å²) in [6.07, 6.45) is 0. The van der Waals surface area contributed by atoms with Gasteiger partial charge < -0.3 is 14.4 Å². The van der Waals surface area contributed by atoms with Crippen LogP contribution >= 0.6 is 0 Å². The predicted octanol–water partition coefficient (Wildman–Crippen LogP) is 18.9. The number of hydrogen-bond donors (Lipinski definition) is 0. The molecule has 13 aromatic rings. The van der Waals surface area contributed by atoms with Gasteiger partial charge in [0.05, 0.1) is 26.0 Å². The van der Waals surface area contributed by atoms with E-state index in [1.165, 1.54) is 0 Å². The second-order valence-corrected chi connectivity index (χ2v) is 18.7. The van der Waals surface area contributed by atoms with E-state index in [9.17, 15) is 5.48 Å². The molecule has 1 aliphatic carbocycles. The Morgan fingerprint density at radius 2 is 0.811 bits per heavy atom. The lowest BCUT2D eigenvalue weighted by Crippen LogP contribution is -2.28. The summed E-state index contributed by atoms with van der Waals surface area (Å²) in [6, 6.07) is 84.5. The van der Waals surface area contributed by atoms with Crippen molar-refractivity contribution in [2.24, 2.45) is 0 Å². The minimum absolute atomic E-state index is 0.104. The van der Waals surface area contributed by atoms with E-state index < -0.39 is 29.6 Å². The first-order valence-electron chi connectivity index (χ1n) is 28.4. The summed E-state index contributed by atoms with van der Waals surface area (Å²) in [5.41, 5.74) is 13.0. The highest BCUT2D eigenvalue weighted by molar-refractivity contribution is 6.10. The summed E-state index contributed by atoms with van der Waals surface area (Å²) in [4.78, 5) is 4.46. The topological polar surface area (TPSA) is 11.4 Å². The summed E-state index contributed by atoms with van der Waals surface area (Å²) >= 11 is 0. The molecule has 74 heavy (non-hydrogen) atoms. The van der Waals surface area contributed by atoms with Gasteiger partial charge >= 0.3 is 0 Å². The van der Waals surface area contributed by atoms with E-state index in [4.69, 9.17) is 4.11 Å². The Kier molecular flexibility index (Phi) is 8.75. The molecule has 0 aliphatic heterocycles. The molecule has 0 saturated carbocycles. The standard InChI is InChI=1S/C71H49N3/c1-6-20-50(21-7-1)52-35-39-60(40-36-52)73(58-28-12-4-13-29-58)62-42-45-68-66(49-62)65-48-61(72(56-24-8-2-9-25-56)57-26-10-3-11-27-57)41-44-67(65)71(68,54-37-34-51-22-16-17-23-53(51)46-54)55-38-43-64-63-32-18-19-33-69(63)74(70(64)47-55)59-30-14-5-15-31-59/h1-49H/i16D,17D,22D,23D,34D,37D,46D. The molecule has 1 aliphatic rings. The molecule has 348 valence electrons. The van der Waals surface area contributed by atoms with Crippen molar-refractivity contribution in [1.29, 1.82) is 0 Å². The molecule has 14 rings (SSSR count). The van der Waals surface area contributed by atoms with E-state index in [0.29, 0.717) is 0 Å². The maximum absolute atomic E-state index is 10.5. The molecule has 3 heteroatoms. The van der Waals surface area contributed by atoms with Gasteiger partial charge in [-0.25, -0.2) is 0 Å². The summed E-state index contributed by atoms with van der Waals surface area (Å²) < 4.78 is 69.1. The second-order valence-electron chi connectivity index (χ2n) is 18.7. The molecule has 1 unspecified atom stereocenters. The van der Waals surface area contributed by atoms with E-state index in [1.807, 2.05) is 103 Å². The molecule has 1 aromatic heterocycles. The van der Waals surface area contributed by atoms with Crippen molar-refractivity contribution in [2.45, 2.75) is 5.41 Å². The number of nitrogens with zero attached hydrogens (tertiary/aromatic N) is 3. The SMILES string of the molecule is [2H]c1c([2H])c([2H])c2c([2H])c(C3(c4ccc5c6ccccc6n(-c6ccccc6)c5c4)c4ccc(N(c5ccccc5)c5ccccc5)cc4-c4cc(N(c5ccccc5)c5ccc(-c6ccccc6)cc5)ccc43)c([2H])c([2H])c2c1[2H]. The van der Waals surface area contributed by atoms with Gasteiger partial charge in [-0.2, -0.15) is 0 Å². The van der Waals surface area contributed by atoms with E-state index in [1.54, 1.807) is 0 Å². The highest BCUT2D eigenvalue weighted by atomic mass is 15.1. The van der Waals surface area contributed by atoms with Crippen molar-refractivity contribution in [1.82, 2.24) is 4.57 Å². The van der Waals surface area contributed by atoms with Crippen LogP contribution in [0.2, 0.25) is 0 Å².